The van der Waals surface area contributed by atoms with Crippen LogP contribution in [0.3, 0.4) is 0 Å². The fourth-order valence-electron chi connectivity index (χ4n) is 2.76. The van der Waals surface area contributed by atoms with E-state index in [-0.39, 0.29) is 12.5 Å². The third-order valence-electron chi connectivity index (χ3n) is 3.81. The molecule has 1 heterocycles. The number of fused-ring (bicyclic) bond motifs is 1. The second-order valence-electron chi connectivity index (χ2n) is 5.62. The molecule has 0 aliphatic carbocycles. The highest BCUT2D eigenvalue weighted by molar-refractivity contribution is 9.10. The lowest BCUT2D eigenvalue weighted by molar-refractivity contribution is 0.0842. The van der Waals surface area contributed by atoms with E-state index in [9.17, 15) is 10.1 Å². The van der Waals surface area contributed by atoms with Crippen LogP contribution in [0.5, 0.6) is 5.75 Å². The predicted octanol–water partition coefficient (Wildman–Crippen LogP) is 4.61. The van der Waals surface area contributed by atoms with Crippen LogP contribution in [0, 0.1) is 25.2 Å². The molecule has 5 heteroatoms. The smallest absolute Gasteiger partial charge is 0.269 e. The van der Waals surface area contributed by atoms with E-state index < -0.39 is 0 Å². The molecule has 24 heavy (non-hydrogen) atoms. The van der Waals surface area contributed by atoms with E-state index in [1.54, 1.807) is 6.20 Å². The molecule has 0 unspecified atom stereocenters. The monoisotopic (exact) mass is 382 g/mol. The van der Waals surface area contributed by atoms with Gasteiger partial charge in [0.25, 0.3) is 5.91 Å². The minimum Gasteiger partial charge on any atom is -0.482 e. The standard InChI is InChI=1S/C19H15BrN2O2/c1-12-7-13(2)19(16(20)8-12)24-11-18(23)22-10-14(9-21)15-5-3-4-6-17(15)22/h3-8,10H,11H2,1-2H3. The number of rotatable bonds is 3. The van der Waals surface area contributed by atoms with Crippen LogP contribution in [0.25, 0.3) is 10.9 Å². The summed E-state index contributed by atoms with van der Waals surface area (Å²) in [6.45, 7) is 3.84. The van der Waals surface area contributed by atoms with Gasteiger partial charge in [-0.2, -0.15) is 5.26 Å². The van der Waals surface area contributed by atoms with Gasteiger partial charge in [-0.3, -0.25) is 9.36 Å². The first-order valence-electron chi connectivity index (χ1n) is 7.44. The summed E-state index contributed by atoms with van der Waals surface area (Å²) in [6, 6.07) is 13.4. The van der Waals surface area contributed by atoms with Crippen molar-refractivity contribution in [3.05, 3.63) is 63.8 Å². The summed E-state index contributed by atoms with van der Waals surface area (Å²) in [7, 11) is 0. The molecule has 3 rings (SSSR count). The number of para-hydroxylation sites is 1. The molecule has 4 nitrogen and oxygen atoms in total. The van der Waals surface area contributed by atoms with Gasteiger partial charge < -0.3 is 4.74 Å². The van der Waals surface area contributed by atoms with Crippen LogP contribution >= 0.6 is 15.9 Å². The predicted molar refractivity (Wildman–Crippen MR) is 96.4 cm³/mol. The third-order valence-corrected chi connectivity index (χ3v) is 4.40. The number of hydrogen-bond donors (Lipinski definition) is 0. The number of carbonyl (C=O) groups excluding carboxylic acids is 1. The van der Waals surface area contributed by atoms with Gasteiger partial charge in [-0.15, -0.1) is 0 Å². The molecule has 0 aliphatic rings. The Morgan fingerprint density at radius 1 is 1.29 bits per heavy atom. The maximum absolute atomic E-state index is 12.6. The molecule has 2 aromatic carbocycles. The summed E-state index contributed by atoms with van der Waals surface area (Å²) >= 11 is 3.47. The first-order chi connectivity index (χ1) is 11.5. The molecule has 0 saturated heterocycles. The van der Waals surface area contributed by atoms with Crippen LogP contribution in [0.4, 0.5) is 0 Å². The number of nitrogens with zero attached hydrogens (tertiary/aromatic N) is 2. The quantitative estimate of drug-likeness (QED) is 0.664. The largest absolute Gasteiger partial charge is 0.482 e. The van der Waals surface area contributed by atoms with Gasteiger partial charge in [-0.05, 0) is 53.0 Å². The van der Waals surface area contributed by atoms with Gasteiger partial charge in [0.15, 0.2) is 6.61 Å². The van der Waals surface area contributed by atoms with Crippen LogP contribution in [-0.4, -0.2) is 17.1 Å². The fourth-order valence-corrected chi connectivity index (χ4v) is 3.55. The third kappa shape index (κ3) is 2.93. The van der Waals surface area contributed by atoms with E-state index in [1.807, 2.05) is 50.2 Å². The normalized spacial score (nSPS) is 10.6. The fraction of sp³-hybridized carbons (Fsp3) is 0.158. The molecule has 0 atom stereocenters. The Labute approximate surface area is 148 Å². The Kier molecular flexibility index (Phi) is 4.41. The second kappa shape index (κ2) is 6.50. The molecule has 120 valence electrons. The van der Waals surface area contributed by atoms with Crippen molar-refractivity contribution < 1.29 is 9.53 Å². The number of aromatic nitrogens is 1. The first-order valence-corrected chi connectivity index (χ1v) is 8.23. The molecule has 0 amide bonds. The van der Waals surface area contributed by atoms with Crippen molar-refractivity contribution >= 4 is 32.7 Å². The number of ether oxygens (including phenoxy) is 1. The van der Waals surface area contributed by atoms with Crippen molar-refractivity contribution in [2.45, 2.75) is 13.8 Å². The summed E-state index contributed by atoms with van der Waals surface area (Å²) in [5.41, 5.74) is 3.27. The van der Waals surface area contributed by atoms with Gasteiger partial charge in [-0.1, -0.05) is 24.3 Å². The molecule has 0 radical (unpaired) electrons. The van der Waals surface area contributed by atoms with Gasteiger partial charge in [0.1, 0.15) is 11.8 Å². The molecule has 0 aliphatic heterocycles. The van der Waals surface area contributed by atoms with Crippen molar-refractivity contribution in [2.24, 2.45) is 0 Å². The summed E-state index contributed by atoms with van der Waals surface area (Å²) in [5.74, 6) is 0.436. The maximum atomic E-state index is 12.6. The van der Waals surface area contributed by atoms with Crippen LogP contribution in [-0.2, 0) is 0 Å². The number of carbonyl (C=O) groups is 1. The van der Waals surface area contributed by atoms with Crippen molar-refractivity contribution in [2.75, 3.05) is 6.61 Å². The maximum Gasteiger partial charge on any atom is 0.269 e. The lowest BCUT2D eigenvalue weighted by Crippen LogP contribution is -2.18. The zero-order chi connectivity index (χ0) is 17.3. The van der Waals surface area contributed by atoms with E-state index in [0.717, 1.165) is 21.0 Å². The van der Waals surface area contributed by atoms with E-state index in [4.69, 9.17) is 4.74 Å². The molecule has 1 aromatic heterocycles. The molecule has 3 aromatic rings. The average molecular weight is 383 g/mol. The van der Waals surface area contributed by atoms with Crippen LogP contribution < -0.4 is 4.74 Å². The Hall–Kier alpha value is -2.58. The van der Waals surface area contributed by atoms with Gasteiger partial charge in [0, 0.05) is 11.6 Å². The zero-order valence-corrected chi connectivity index (χ0v) is 14.9. The Balaban J connectivity index is 1.88. The van der Waals surface area contributed by atoms with Crippen molar-refractivity contribution in [3.8, 4) is 11.8 Å². The topological polar surface area (TPSA) is 55.0 Å². The van der Waals surface area contributed by atoms with Gasteiger partial charge >= 0.3 is 0 Å². The molecular weight excluding hydrogens is 368 g/mol. The zero-order valence-electron chi connectivity index (χ0n) is 13.3. The molecule has 0 N–H and O–H groups in total. The second-order valence-corrected chi connectivity index (χ2v) is 6.47. The van der Waals surface area contributed by atoms with Gasteiger partial charge in [0.05, 0.1) is 15.6 Å². The summed E-state index contributed by atoms with van der Waals surface area (Å²) in [6.07, 6.45) is 1.56. The molecule has 0 fully saturated rings. The van der Waals surface area contributed by atoms with Gasteiger partial charge in [-0.25, -0.2) is 0 Å². The summed E-state index contributed by atoms with van der Waals surface area (Å²) in [4.78, 5) is 12.6. The number of aryl methyl sites for hydroxylation is 2. The molecule has 0 saturated carbocycles. The van der Waals surface area contributed by atoms with Crippen molar-refractivity contribution in [1.82, 2.24) is 4.57 Å². The van der Waals surface area contributed by atoms with Crippen molar-refractivity contribution in [3.63, 3.8) is 0 Å². The number of benzene rings is 2. The number of hydrogen-bond acceptors (Lipinski definition) is 3. The van der Waals surface area contributed by atoms with E-state index in [1.165, 1.54) is 4.57 Å². The average Bonchev–Trinajstić information content (AvgIpc) is 2.92. The van der Waals surface area contributed by atoms with Crippen LogP contribution in [0.1, 0.15) is 21.5 Å². The van der Waals surface area contributed by atoms with E-state index in [0.29, 0.717) is 16.8 Å². The SMILES string of the molecule is Cc1cc(C)c(OCC(=O)n2cc(C#N)c3ccccc32)c(Br)c1. The molecular formula is C19H15BrN2O2. The highest BCUT2D eigenvalue weighted by Crippen LogP contribution is 2.30. The minimum absolute atomic E-state index is 0.105. The van der Waals surface area contributed by atoms with E-state index >= 15 is 0 Å². The highest BCUT2D eigenvalue weighted by atomic mass is 79.9. The van der Waals surface area contributed by atoms with E-state index in [2.05, 4.69) is 22.0 Å². The lowest BCUT2D eigenvalue weighted by atomic mass is 10.1. The minimum atomic E-state index is -0.223. The molecule has 0 spiro atoms. The van der Waals surface area contributed by atoms with Crippen LogP contribution in [0.15, 0.2) is 47.1 Å². The van der Waals surface area contributed by atoms with Gasteiger partial charge in [0.2, 0.25) is 0 Å². The first kappa shape index (κ1) is 16.3. The summed E-state index contributed by atoms with van der Waals surface area (Å²) in [5, 5.41) is 9.99. The number of nitriles is 1. The lowest BCUT2D eigenvalue weighted by Gasteiger charge is -2.12. The Bertz CT molecular complexity index is 960. The van der Waals surface area contributed by atoms with Crippen molar-refractivity contribution in [1.29, 1.82) is 5.26 Å². The Morgan fingerprint density at radius 2 is 2.04 bits per heavy atom. The Morgan fingerprint density at radius 3 is 2.75 bits per heavy atom. The highest BCUT2D eigenvalue weighted by Gasteiger charge is 2.15. The number of halogens is 1. The summed E-state index contributed by atoms with van der Waals surface area (Å²) < 4.78 is 8.03. The molecule has 0 bridgehead atoms. The van der Waals surface area contributed by atoms with Crippen LogP contribution in [0.2, 0.25) is 0 Å².